The van der Waals surface area contributed by atoms with Gasteiger partial charge in [-0.25, -0.2) is 15.0 Å². The molecule has 0 saturated heterocycles. The first-order valence-electron chi connectivity index (χ1n) is 9.44. The van der Waals surface area contributed by atoms with Crippen molar-refractivity contribution in [2.45, 2.75) is 6.54 Å². The van der Waals surface area contributed by atoms with Gasteiger partial charge in [-0.05, 0) is 18.2 Å². The molecule has 30 heavy (non-hydrogen) atoms. The quantitative estimate of drug-likeness (QED) is 0.424. The Morgan fingerprint density at radius 1 is 1.37 bits per heavy atom. The zero-order valence-electron chi connectivity index (χ0n) is 16.5. The smallest absolute Gasteiger partial charge is 0.254 e. The monoisotopic (exact) mass is 402 g/mol. The summed E-state index contributed by atoms with van der Waals surface area (Å²) < 4.78 is 3.79. The first-order chi connectivity index (χ1) is 14.6. The maximum atomic E-state index is 12.4. The molecule has 0 bridgehead atoms. The number of nitrogens with zero attached hydrogens (tertiary/aromatic N) is 5. The van der Waals surface area contributed by atoms with Crippen LogP contribution in [0.1, 0.15) is 10.4 Å². The number of amides is 1. The number of hydrogen-bond acceptors (Lipinski definition) is 6. The molecule has 0 aliphatic heterocycles. The molecule has 0 aliphatic carbocycles. The normalized spacial score (nSPS) is 12.6. The minimum atomic E-state index is -0.236. The molecule has 0 aliphatic rings. The number of hydrogen-bond donors (Lipinski definition) is 3. The highest BCUT2D eigenvalue weighted by Crippen LogP contribution is 2.16. The summed E-state index contributed by atoms with van der Waals surface area (Å²) in [5, 5.41) is 6.46. The summed E-state index contributed by atoms with van der Waals surface area (Å²) in [6.07, 6.45) is 6.77. The van der Waals surface area contributed by atoms with Crippen LogP contribution < -0.4 is 27.1 Å². The lowest BCUT2D eigenvalue weighted by molar-refractivity contribution is 0.0964. The van der Waals surface area contributed by atoms with Gasteiger partial charge in [-0.3, -0.25) is 9.20 Å². The Hall–Kier alpha value is -4.14. The van der Waals surface area contributed by atoms with Gasteiger partial charge in [-0.15, -0.1) is 0 Å². The minimum Gasteiger partial charge on any atom is -0.402 e. The van der Waals surface area contributed by atoms with Crippen LogP contribution in [-0.2, 0) is 6.54 Å². The lowest BCUT2D eigenvalue weighted by Gasteiger charge is -2.08. The average Bonchev–Trinajstić information content (AvgIpc) is 3.41. The second-order valence-corrected chi connectivity index (χ2v) is 6.64. The first-order valence-corrected chi connectivity index (χ1v) is 9.44. The number of rotatable bonds is 6. The summed E-state index contributed by atoms with van der Waals surface area (Å²) in [5.74, 6) is 0.256. The van der Waals surface area contributed by atoms with Gasteiger partial charge in [0.25, 0.3) is 5.91 Å². The number of carbonyl (C=O) groups excluding carboxylic acids is 1. The fraction of sp³-hybridized carbons (Fsp3) is 0.143. The second-order valence-electron chi connectivity index (χ2n) is 6.64. The number of para-hydroxylation sites is 2. The third-order valence-corrected chi connectivity index (χ3v) is 4.71. The van der Waals surface area contributed by atoms with E-state index in [1.165, 1.54) is 6.20 Å². The van der Waals surface area contributed by atoms with Crippen LogP contribution in [0.4, 0.5) is 0 Å². The zero-order valence-corrected chi connectivity index (χ0v) is 16.5. The van der Waals surface area contributed by atoms with Gasteiger partial charge in [-0.1, -0.05) is 18.7 Å². The summed E-state index contributed by atoms with van der Waals surface area (Å²) in [6, 6.07) is 9.33. The van der Waals surface area contributed by atoms with Crippen molar-refractivity contribution in [3.8, 4) is 0 Å². The molecule has 0 unspecified atom stereocenters. The van der Waals surface area contributed by atoms with Crippen LogP contribution >= 0.6 is 0 Å². The molecule has 4 aromatic rings. The minimum absolute atomic E-state index is 0.236. The molecule has 4 rings (SSSR count). The molecular formula is C21H22N8O. The van der Waals surface area contributed by atoms with E-state index in [9.17, 15) is 4.79 Å². The van der Waals surface area contributed by atoms with E-state index >= 15 is 0 Å². The number of pyridine rings is 1. The molecular weight excluding hydrogens is 380 g/mol. The van der Waals surface area contributed by atoms with Crippen LogP contribution in [0.3, 0.4) is 0 Å². The third kappa shape index (κ3) is 3.48. The number of benzene rings is 1. The topological polar surface area (TPSA) is 115 Å². The summed E-state index contributed by atoms with van der Waals surface area (Å²) >= 11 is 0. The highest BCUT2D eigenvalue weighted by atomic mass is 16.1. The predicted octanol–water partition coefficient (Wildman–Crippen LogP) is 0.121. The van der Waals surface area contributed by atoms with Gasteiger partial charge < -0.3 is 20.9 Å². The summed E-state index contributed by atoms with van der Waals surface area (Å²) in [4.78, 5) is 25.8. The Bertz CT molecular complexity index is 1350. The second kappa shape index (κ2) is 8.08. The van der Waals surface area contributed by atoms with Crippen molar-refractivity contribution in [3.05, 3.63) is 77.3 Å². The highest BCUT2D eigenvalue weighted by molar-refractivity contribution is 6.01. The van der Waals surface area contributed by atoms with Gasteiger partial charge in [0, 0.05) is 43.9 Å². The molecule has 3 heterocycles. The SMILES string of the molecule is C=c1cc(C(=O)NC)c2nc3ccccc3n2c1=N/C(=C\N)NCCn1ccnc1. The van der Waals surface area contributed by atoms with Crippen molar-refractivity contribution < 1.29 is 4.79 Å². The van der Waals surface area contributed by atoms with E-state index in [-0.39, 0.29) is 5.91 Å². The van der Waals surface area contributed by atoms with Crippen molar-refractivity contribution in [2.75, 3.05) is 13.6 Å². The largest absolute Gasteiger partial charge is 0.402 e. The van der Waals surface area contributed by atoms with Crippen LogP contribution in [0.15, 0.2) is 66.1 Å². The van der Waals surface area contributed by atoms with Crippen LogP contribution in [0.5, 0.6) is 0 Å². The molecule has 0 spiro atoms. The summed E-state index contributed by atoms with van der Waals surface area (Å²) in [7, 11) is 1.59. The molecule has 4 N–H and O–H groups in total. The Morgan fingerprint density at radius 3 is 2.93 bits per heavy atom. The first kappa shape index (κ1) is 19.2. The Morgan fingerprint density at radius 2 is 2.20 bits per heavy atom. The number of carbonyl (C=O) groups is 1. The maximum absolute atomic E-state index is 12.4. The Kier molecular flexibility index (Phi) is 5.17. The van der Waals surface area contributed by atoms with E-state index in [4.69, 9.17) is 10.7 Å². The van der Waals surface area contributed by atoms with Gasteiger partial charge in [0.2, 0.25) is 0 Å². The van der Waals surface area contributed by atoms with Gasteiger partial charge in [-0.2, -0.15) is 0 Å². The van der Waals surface area contributed by atoms with E-state index in [0.717, 1.165) is 11.0 Å². The van der Waals surface area contributed by atoms with E-state index in [2.05, 4.69) is 27.2 Å². The average molecular weight is 402 g/mol. The fourth-order valence-electron chi connectivity index (χ4n) is 3.27. The Balaban J connectivity index is 1.84. The van der Waals surface area contributed by atoms with Gasteiger partial charge in [0.05, 0.1) is 22.9 Å². The van der Waals surface area contributed by atoms with Crippen molar-refractivity contribution in [2.24, 2.45) is 10.7 Å². The number of nitrogens with two attached hydrogens (primary N) is 1. The molecule has 0 fully saturated rings. The molecule has 1 aromatic carbocycles. The molecule has 9 nitrogen and oxygen atoms in total. The lowest BCUT2D eigenvalue weighted by atomic mass is 10.2. The maximum Gasteiger partial charge on any atom is 0.254 e. The number of nitrogens with one attached hydrogen (secondary N) is 2. The van der Waals surface area contributed by atoms with Crippen molar-refractivity contribution in [1.82, 2.24) is 29.6 Å². The highest BCUT2D eigenvalue weighted by Gasteiger charge is 2.15. The van der Waals surface area contributed by atoms with E-state index < -0.39 is 0 Å². The van der Waals surface area contributed by atoms with Crippen LogP contribution in [-0.4, -0.2) is 38.4 Å². The molecule has 3 aromatic heterocycles. The van der Waals surface area contributed by atoms with Gasteiger partial charge >= 0.3 is 0 Å². The predicted molar refractivity (Wildman–Crippen MR) is 115 cm³/mol. The number of fused-ring (bicyclic) bond motifs is 3. The van der Waals surface area contributed by atoms with Gasteiger partial charge in [0.1, 0.15) is 11.3 Å². The molecule has 1 amide bonds. The molecule has 0 radical (unpaired) electrons. The van der Waals surface area contributed by atoms with E-state index in [1.54, 1.807) is 25.6 Å². The van der Waals surface area contributed by atoms with Crippen molar-refractivity contribution >= 4 is 29.2 Å². The third-order valence-electron chi connectivity index (χ3n) is 4.71. The molecule has 9 heteroatoms. The standard InChI is InChI=1S/C21H22N8O/c1-14-11-15(21(30)23-2)20-26-16-5-3-4-6-17(16)29(20)19(14)27-18(12-22)25-8-10-28-9-7-24-13-28/h3-7,9,11-13,25H,1,8,10,22H2,2H3,(H,23,30)/b18-12-,27-19?. The lowest BCUT2D eigenvalue weighted by Crippen LogP contribution is -2.35. The summed E-state index contributed by atoms with van der Waals surface area (Å²) in [5.41, 5.74) is 8.90. The number of aromatic nitrogens is 4. The van der Waals surface area contributed by atoms with Crippen LogP contribution in [0, 0.1) is 0 Å². The zero-order chi connectivity index (χ0) is 21.1. The molecule has 0 atom stereocenters. The Labute approximate surface area is 172 Å². The van der Waals surface area contributed by atoms with E-state index in [0.29, 0.717) is 40.8 Å². The van der Waals surface area contributed by atoms with Crippen molar-refractivity contribution in [3.63, 3.8) is 0 Å². The van der Waals surface area contributed by atoms with Crippen LogP contribution in [0.2, 0.25) is 0 Å². The molecule has 0 saturated carbocycles. The van der Waals surface area contributed by atoms with Crippen LogP contribution in [0.25, 0.3) is 23.3 Å². The number of imidazole rings is 2. The summed E-state index contributed by atoms with van der Waals surface area (Å²) in [6.45, 7) is 5.43. The molecule has 152 valence electrons. The van der Waals surface area contributed by atoms with E-state index in [1.807, 2.05) is 39.4 Å². The van der Waals surface area contributed by atoms with Crippen molar-refractivity contribution in [1.29, 1.82) is 0 Å². The van der Waals surface area contributed by atoms with Gasteiger partial charge in [0.15, 0.2) is 5.65 Å². The fourth-order valence-corrected chi connectivity index (χ4v) is 3.27.